The molecule has 0 unspecified atom stereocenters. The quantitative estimate of drug-likeness (QED) is 0.264. The Bertz CT molecular complexity index is 538. The van der Waals surface area contributed by atoms with Gasteiger partial charge in [-0.15, -0.1) is 24.0 Å². The van der Waals surface area contributed by atoms with Crippen molar-refractivity contribution in [3.05, 3.63) is 29.8 Å². The molecule has 0 aromatic heterocycles. The summed E-state index contributed by atoms with van der Waals surface area (Å²) in [6, 6.07) is 7.76. The summed E-state index contributed by atoms with van der Waals surface area (Å²) in [5, 5.41) is 3.17. The maximum atomic E-state index is 12.3. The van der Waals surface area contributed by atoms with Gasteiger partial charge in [-0.25, -0.2) is 0 Å². The van der Waals surface area contributed by atoms with Crippen molar-refractivity contribution >= 4 is 29.9 Å². The highest BCUT2D eigenvalue weighted by Crippen LogP contribution is 2.15. The molecule has 0 fully saturated rings. The van der Waals surface area contributed by atoms with Gasteiger partial charge in [0.05, 0.1) is 13.7 Å². The van der Waals surface area contributed by atoms with Crippen LogP contribution in [0.1, 0.15) is 12.0 Å². The van der Waals surface area contributed by atoms with Crippen LogP contribution in [0.25, 0.3) is 0 Å². The summed E-state index contributed by atoms with van der Waals surface area (Å²) in [6.07, 6.45) is -3.56. The molecule has 0 spiro atoms. The molecule has 26 heavy (non-hydrogen) atoms. The number of ether oxygens (including phenoxy) is 1. The molecule has 1 aromatic rings. The number of hydrogen-bond acceptors (Lipinski definition) is 3. The van der Waals surface area contributed by atoms with Gasteiger partial charge in [-0.05, 0) is 37.7 Å². The molecule has 0 aliphatic rings. The largest absolute Gasteiger partial charge is 0.497 e. The second-order valence-corrected chi connectivity index (χ2v) is 5.88. The molecular weight excluding hydrogens is 460 g/mol. The Hall–Kier alpha value is -1.23. The van der Waals surface area contributed by atoms with Gasteiger partial charge in [-0.2, -0.15) is 13.2 Å². The van der Waals surface area contributed by atoms with Crippen LogP contribution in [0.15, 0.2) is 29.3 Å². The Labute approximate surface area is 170 Å². The summed E-state index contributed by atoms with van der Waals surface area (Å²) in [7, 11) is 6.69. The summed E-state index contributed by atoms with van der Waals surface area (Å²) in [5.41, 5.74) is 1.11. The third-order valence-corrected chi connectivity index (χ3v) is 3.60. The van der Waals surface area contributed by atoms with Gasteiger partial charge in [-0.1, -0.05) is 12.1 Å². The van der Waals surface area contributed by atoms with E-state index in [9.17, 15) is 13.2 Å². The highest BCUT2D eigenvalue weighted by Gasteiger charge is 2.28. The minimum atomic E-state index is -4.16. The lowest BCUT2D eigenvalue weighted by atomic mass is 10.2. The number of rotatable bonds is 8. The van der Waals surface area contributed by atoms with E-state index in [-0.39, 0.29) is 24.0 Å². The summed E-state index contributed by atoms with van der Waals surface area (Å²) in [6.45, 7) is 0.699. The number of benzene rings is 1. The van der Waals surface area contributed by atoms with Crippen LogP contribution < -0.4 is 10.1 Å². The van der Waals surface area contributed by atoms with Gasteiger partial charge in [0.1, 0.15) is 5.75 Å². The van der Waals surface area contributed by atoms with Crippen molar-refractivity contribution in [2.24, 2.45) is 4.99 Å². The number of aliphatic imine (C=N–C) groups is 1. The summed E-state index contributed by atoms with van der Waals surface area (Å²) >= 11 is 0. The van der Waals surface area contributed by atoms with E-state index in [0.717, 1.165) is 11.3 Å². The first-order valence-electron chi connectivity index (χ1n) is 8.05. The van der Waals surface area contributed by atoms with Crippen LogP contribution in [-0.4, -0.2) is 69.8 Å². The van der Waals surface area contributed by atoms with Crippen LogP contribution in [0.5, 0.6) is 5.75 Å². The zero-order valence-electron chi connectivity index (χ0n) is 15.6. The number of alkyl halides is 3. The van der Waals surface area contributed by atoms with E-state index in [1.165, 1.54) is 11.9 Å². The van der Waals surface area contributed by atoms with Crippen molar-refractivity contribution in [2.45, 2.75) is 19.1 Å². The van der Waals surface area contributed by atoms with Crippen molar-refractivity contribution in [3.8, 4) is 5.75 Å². The van der Waals surface area contributed by atoms with Crippen LogP contribution in [0.4, 0.5) is 13.2 Å². The average molecular weight is 488 g/mol. The molecule has 0 bridgehead atoms. The molecule has 0 aliphatic carbocycles. The number of methoxy groups -OCH3 is 1. The second-order valence-electron chi connectivity index (χ2n) is 5.88. The zero-order valence-corrected chi connectivity index (χ0v) is 18.0. The molecule has 0 heterocycles. The SMILES string of the molecule is CN=C(NCCCN(C)CC(F)(F)F)N(C)Cc1ccc(OC)cc1.I. The van der Waals surface area contributed by atoms with Gasteiger partial charge in [0.25, 0.3) is 0 Å². The lowest BCUT2D eigenvalue weighted by Crippen LogP contribution is -2.40. The van der Waals surface area contributed by atoms with E-state index in [1.807, 2.05) is 36.2 Å². The van der Waals surface area contributed by atoms with Crippen LogP contribution in [0.2, 0.25) is 0 Å². The Morgan fingerprint density at radius 1 is 1.19 bits per heavy atom. The molecule has 1 rings (SSSR count). The van der Waals surface area contributed by atoms with Crippen molar-refractivity contribution in [1.82, 2.24) is 15.1 Å². The van der Waals surface area contributed by atoms with E-state index in [2.05, 4.69) is 10.3 Å². The molecule has 0 saturated heterocycles. The van der Waals surface area contributed by atoms with Crippen LogP contribution in [0, 0.1) is 0 Å². The summed E-state index contributed by atoms with van der Waals surface area (Å²) < 4.78 is 41.9. The third kappa shape index (κ3) is 10.0. The monoisotopic (exact) mass is 488 g/mol. The fraction of sp³-hybridized carbons (Fsp3) is 0.588. The first kappa shape index (κ1) is 24.8. The lowest BCUT2D eigenvalue weighted by molar-refractivity contribution is -0.143. The minimum Gasteiger partial charge on any atom is -0.497 e. The Morgan fingerprint density at radius 2 is 1.81 bits per heavy atom. The normalized spacial score (nSPS) is 11.9. The predicted octanol–water partition coefficient (Wildman–Crippen LogP) is 3.20. The van der Waals surface area contributed by atoms with E-state index in [0.29, 0.717) is 32.0 Å². The predicted molar refractivity (Wildman–Crippen MR) is 109 cm³/mol. The zero-order chi connectivity index (χ0) is 18.9. The number of nitrogens with one attached hydrogen (secondary N) is 1. The number of nitrogens with zero attached hydrogens (tertiary/aromatic N) is 3. The van der Waals surface area contributed by atoms with E-state index in [1.54, 1.807) is 14.2 Å². The molecule has 0 saturated carbocycles. The fourth-order valence-corrected chi connectivity index (χ4v) is 2.40. The van der Waals surface area contributed by atoms with Gasteiger partial charge in [0.15, 0.2) is 5.96 Å². The van der Waals surface area contributed by atoms with Gasteiger partial charge in [0, 0.05) is 27.2 Å². The number of halogens is 4. The van der Waals surface area contributed by atoms with E-state index >= 15 is 0 Å². The summed E-state index contributed by atoms with van der Waals surface area (Å²) in [4.78, 5) is 7.44. The van der Waals surface area contributed by atoms with Gasteiger partial charge in [0.2, 0.25) is 0 Å². The standard InChI is InChI=1S/C17H27F3N4O.HI/c1-21-16(22-10-5-11-23(2)13-17(18,19)20)24(3)12-14-6-8-15(25-4)9-7-14;/h6-9H,5,10-13H2,1-4H3,(H,21,22);1H. The fourth-order valence-electron chi connectivity index (χ4n) is 2.40. The molecule has 150 valence electrons. The Balaban J connectivity index is 0.00000625. The van der Waals surface area contributed by atoms with Gasteiger partial charge in [-0.3, -0.25) is 9.89 Å². The van der Waals surface area contributed by atoms with Gasteiger partial charge < -0.3 is 15.0 Å². The molecule has 1 aromatic carbocycles. The number of hydrogen-bond donors (Lipinski definition) is 1. The van der Waals surface area contributed by atoms with Crippen molar-refractivity contribution in [3.63, 3.8) is 0 Å². The molecule has 9 heteroatoms. The van der Waals surface area contributed by atoms with E-state index in [4.69, 9.17) is 4.74 Å². The van der Waals surface area contributed by atoms with Crippen molar-refractivity contribution < 1.29 is 17.9 Å². The van der Waals surface area contributed by atoms with Gasteiger partial charge >= 0.3 is 6.18 Å². The maximum absolute atomic E-state index is 12.3. The smallest absolute Gasteiger partial charge is 0.401 e. The maximum Gasteiger partial charge on any atom is 0.401 e. The molecule has 0 radical (unpaired) electrons. The molecule has 1 N–H and O–H groups in total. The van der Waals surface area contributed by atoms with Crippen LogP contribution in [-0.2, 0) is 6.54 Å². The molecule has 5 nitrogen and oxygen atoms in total. The summed E-state index contributed by atoms with van der Waals surface area (Å²) in [5.74, 6) is 1.51. The topological polar surface area (TPSA) is 40.1 Å². The average Bonchev–Trinajstić information content (AvgIpc) is 2.53. The molecular formula is C17H28F3IN4O. The molecule has 0 aliphatic heterocycles. The van der Waals surface area contributed by atoms with Crippen molar-refractivity contribution in [2.75, 3.05) is 47.9 Å². The van der Waals surface area contributed by atoms with Crippen molar-refractivity contribution in [1.29, 1.82) is 0 Å². The first-order valence-corrected chi connectivity index (χ1v) is 8.05. The first-order chi connectivity index (χ1) is 11.7. The second kappa shape index (κ2) is 12.2. The minimum absolute atomic E-state index is 0. The Kier molecular flexibility index (Phi) is 11.6. The lowest BCUT2D eigenvalue weighted by Gasteiger charge is -2.23. The highest BCUT2D eigenvalue weighted by molar-refractivity contribution is 14.0. The van der Waals surface area contributed by atoms with E-state index < -0.39 is 12.7 Å². The molecule has 0 amide bonds. The highest BCUT2D eigenvalue weighted by atomic mass is 127. The third-order valence-electron chi connectivity index (χ3n) is 3.60. The number of guanidine groups is 1. The molecule has 0 atom stereocenters. The Morgan fingerprint density at radius 3 is 2.31 bits per heavy atom. The van der Waals surface area contributed by atoms with Crippen LogP contribution in [0.3, 0.4) is 0 Å². The van der Waals surface area contributed by atoms with Crippen LogP contribution >= 0.6 is 24.0 Å².